The Hall–Kier alpha value is -2.97. The predicted octanol–water partition coefficient (Wildman–Crippen LogP) is 3.65. The second kappa shape index (κ2) is 9.89. The molecule has 0 aromatic heterocycles. The number of hydrogen-bond acceptors (Lipinski definition) is 7. The fourth-order valence-electron chi connectivity index (χ4n) is 3.43. The van der Waals surface area contributed by atoms with Crippen LogP contribution in [0.2, 0.25) is 0 Å². The number of hydrogen-bond donors (Lipinski definition) is 0. The van der Waals surface area contributed by atoms with Crippen LogP contribution in [0.25, 0.3) is 6.08 Å². The summed E-state index contributed by atoms with van der Waals surface area (Å²) in [6, 6.07) is 15.2. The van der Waals surface area contributed by atoms with E-state index in [1.807, 2.05) is 36.4 Å². The lowest BCUT2D eigenvalue weighted by molar-refractivity contribution is -0.123. The molecule has 4 rings (SSSR count). The molecule has 8 heteroatoms. The first-order valence-electron chi connectivity index (χ1n) is 10.1. The number of benzene rings is 2. The van der Waals surface area contributed by atoms with E-state index in [0.717, 1.165) is 49.3 Å². The van der Waals surface area contributed by atoms with Gasteiger partial charge >= 0.3 is 0 Å². The molecule has 0 radical (unpaired) electrons. The van der Waals surface area contributed by atoms with Gasteiger partial charge in [0.1, 0.15) is 6.61 Å². The number of imide groups is 1. The summed E-state index contributed by atoms with van der Waals surface area (Å²) in [5, 5.41) is -0.287. The van der Waals surface area contributed by atoms with Crippen LogP contribution >= 0.6 is 11.8 Å². The number of methoxy groups -OCH3 is 1. The van der Waals surface area contributed by atoms with Gasteiger partial charge in [0.05, 0.1) is 31.8 Å². The second-order valence-electron chi connectivity index (χ2n) is 7.02. The van der Waals surface area contributed by atoms with Gasteiger partial charge in [-0.2, -0.15) is 0 Å². The predicted molar refractivity (Wildman–Crippen MR) is 121 cm³/mol. The van der Waals surface area contributed by atoms with Crippen LogP contribution in [0.1, 0.15) is 5.56 Å². The molecular weight excluding hydrogens is 416 g/mol. The lowest BCUT2D eigenvalue weighted by Gasteiger charge is -2.28. The molecule has 0 atom stereocenters. The van der Waals surface area contributed by atoms with Crippen molar-refractivity contribution in [2.24, 2.45) is 0 Å². The van der Waals surface area contributed by atoms with Gasteiger partial charge in [0, 0.05) is 18.8 Å². The lowest BCUT2D eigenvalue weighted by atomic mass is 10.1. The molecule has 2 aromatic rings. The van der Waals surface area contributed by atoms with E-state index < -0.39 is 0 Å². The number of nitrogens with zero attached hydrogens (tertiary/aromatic N) is 2. The van der Waals surface area contributed by atoms with Crippen LogP contribution in [0.3, 0.4) is 0 Å². The molecule has 2 aliphatic heterocycles. The van der Waals surface area contributed by atoms with Crippen molar-refractivity contribution in [3.8, 4) is 11.5 Å². The number of carbonyl (C=O) groups is 2. The number of thioether (sulfide) groups is 1. The van der Waals surface area contributed by atoms with Crippen molar-refractivity contribution >= 4 is 34.7 Å². The van der Waals surface area contributed by atoms with E-state index in [1.54, 1.807) is 25.3 Å². The zero-order valence-corrected chi connectivity index (χ0v) is 18.1. The Labute approximate surface area is 185 Å². The summed E-state index contributed by atoms with van der Waals surface area (Å²) in [5.74, 6) is 0.890. The Balaban J connectivity index is 1.36. The lowest BCUT2D eigenvalue weighted by Crippen LogP contribution is -2.36. The monoisotopic (exact) mass is 440 g/mol. The normalized spacial score (nSPS) is 18.0. The highest BCUT2D eigenvalue weighted by Gasteiger charge is 2.34. The molecule has 2 saturated heterocycles. The van der Waals surface area contributed by atoms with Crippen molar-refractivity contribution in [1.29, 1.82) is 0 Å². The second-order valence-corrected chi connectivity index (χ2v) is 8.02. The molecule has 0 saturated carbocycles. The van der Waals surface area contributed by atoms with Crippen molar-refractivity contribution in [3.63, 3.8) is 0 Å². The minimum atomic E-state index is -0.295. The molecule has 0 bridgehead atoms. The standard InChI is InChI=1S/C23H24N2O5S/c1-28-19-4-2-3-5-20(19)30-15-12-25-22(26)21(31-23(25)27)16-17-6-8-18(9-7-17)24-10-13-29-14-11-24/h2-9,16H,10-15H2,1H3/b21-16-. The summed E-state index contributed by atoms with van der Waals surface area (Å²) in [4.78, 5) is 29.0. The van der Waals surface area contributed by atoms with Gasteiger partial charge in [-0.15, -0.1) is 0 Å². The Morgan fingerprint density at radius 2 is 1.74 bits per heavy atom. The van der Waals surface area contributed by atoms with Gasteiger partial charge in [0.2, 0.25) is 0 Å². The van der Waals surface area contributed by atoms with Crippen molar-refractivity contribution in [1.82, 2.24) is 4.90 Å². The maximum absolute atomic E-state index is 12.7. The zero-order valence-electron chi connectivity index (χ0n) is 17.3. The van der Waals surface area contributed by atoms with E-state index in [1.165, 1.54) is 4.90 Å². The molecule has 2 aromatic carbocycles. The number of anilines is 1. The summed E-state index contributed by atoms with van der Waals surface area (Å²) in [6.07, 6.45) is 1.76. The third-order valence-electron chi connectivity index (χ3n) is 5.08. The van der Waals surface area contributed by atoms with E-state index in [9.17, 15) is 9.59 Å². The van der Waals surface area contributed by atoms with Crippen LogP contribution < -0.4 is 14.4 Å². The Bertz CT molecular complexity index is 970. The van der Waals surface area contributed by atoms with Crippen LogP contribution in [0.5, 0.6) is 11.5 Å². The van der Waals surface area contributed by atoms with E-state index >= 15 is 0 Å². The number of rotatable bonds is 7. The maximum atomic E-state index is 12.7. The Morgan fingerprint density at radius 3 is 2.45 bits per heavy atom. The molecule has 2 heterocycles. The molecular formula is C23H24N2O5S. The van der Waals surface area contributed by atoms with E-state index in [0.29, 0.717) is 16.4 Å². The fourth-order valence-corrected chi connectivity index (χ4v) is 4.30. The summed E-state index contributed by atoms with van der Waals surface area (Å²) in [7, 11) is 1.57. The summed E-state index contributed by atoms with van der Waals surface area (Å²) in [6.45, 7) is 3.58. The average Bonchev–Trinajstić information content (AvgIpc) is 3.07. The molecule has 0 unspecified atom stereocenters. The highest BCUT2D eigenvalue weighted by Crippen LogP contribution is 2.33. The molecule has 2 amide bonds. The first-order chi connectivity index (χ1) is 15.2. The van der Waals surface area contributed by atoms with Gasteiger partial charge in [-0.25, -0.2) is 0 Å². The minimum Gasteiger partial charge on any atom is -0.493 e. The third kappa shape index (κ3) is 5.03. The smallest absolute Gasteiger partial charge is 0.293 e. The number of amides is 2. The number of carbonyl (C=O) groups excluding carboxylic acids is 2. The summed E-state index contributed by atoms with van der Waals surface area (Å²) < 4.78 is 16.3. The SMILES string of the molecule is COc1ccccc1OCCN1C(=O)S/C(=C\c2ccc(N3CCOCC3)cc2)C1=O. The van der Waals surface area contributed by atoms with Crippen LogP contribution in [-0.4, -0.2) is 62.6 Å². The molecule has 2 aliphatic rings. The number of para-hydroxylation sites is 2. The highest BCUT2D eigenvalue weighted by atomic mass is 32.2. The number of morpholine rings is 1. The van der Waals surface area contributed by atoms with Crippen molar-refractivity contribution in [2.45, 2.75) is 0 Å². The maximum Gasteiger partial charge on any atom is 0.293 e. The Kier molecular flexibility index (Phi) is 6.79. The number of ether oxygens (including phenoxy) is 3. The molecule has 0 spiro atoms. The topological polar surface area (TPSA) is 68.3 Å². The minimum absolute atomic E-state index is 0.177. The molecule has 162 valence electrons. The highest BCUT2D eigenvalue weighted by molar-refractivity contribution is 8.18. The third-order valence-corrected chi connectivity index (χ3v) is 5.99. The molecule has 2 fully saturated rings. The quantitative estimate of drug-likeness (QED) is 0.609. The first-order valence-corrected chi connectivity index (χ1v) is 10.9. The van der Waals surface area contributed by atoms with Gasteiger partial charge in [-0.1, -0.05) is 24.3 Å². The van der Waals surface area contributed by atoms with Crippen molar-refractivity contribution in [3.05, 3.63) is 59.0 Å². The van der Waals surface area contributed by atoms with Crippen LogP contribution in [0.15, 0.2) is 53.4 Å². The van der Waals surface area contributed by atoms with Gasteiger partial charge in [0.25, 0.3) is 11.1 Å². The molecule has 31 heavy (non-hydrogen) atoms. The average molecular weight is 441 g/mol. The fraction of sp³-hybridized carbons (Fsp3) is 0.304. The van der Waals surface area contributed by atoms with Gasteiger partial charge in [0.15, 0.2) is 11.5 Å². The summed E-state index contributed by atoms with van der Waals surface area (Å²) >= 11 is 0.954. The van der Waals surface area contributed by atoms with Crippen LogP contribution in [0.4, 0.5) is 10.5 Å². The van der Waals surface area contributed by atoms with E-state index in [2.05, 4.69) is 4.90 Å². The molecule has 0 N–H and O–H groups in total. The van der Waals surface area contributed by atoms with Gasteiger partial charge in [-0.3, -0.25) is 14.5 Å². The Morgan fingerprint density at radius 1 is 1.03 bits per heavy atom. The van der Waals surface area contributed by atoms with E-state index in [-0.39, 0.29) is 24.3 Å². The molecule has 7 nitrogen and oxygen atoms in total. The summed E-state index contributed by atoms with van der Waals surface area (Å²) in [5.41, 5.74) is 2.01. The van der Waals surface area contributed by atoms with Crippen molar-refractivity contribution in [2.75, 3.05) is 51.5 Å². The largest absolute Gasteiger partial charge is 0.493 e. The van der Waals surface area contributed by atoms with Crippen molar-refractivity contribution < 1.29 is 23.8 Å². The molecule has 0 aliphatic carbocycles. The van der Waals surface area contributed by atoms with Crippen LogP contribution in [-0.2, 0) is 9.53 Å². The van der Waals surface area contributed by atoms with E-state index in [4.69, 9.17) is 14.2 Å². The van der Waals surface area contributed by atoms with Crippen LogP contribution in [0, 0.1) is 0 Å². The van der Waals surface area contributed by atoms with Gasteiger partial charge in [-0.05, 0) is 47.7 Å². The van der Waals surface area contributed by atoms with Gasteiger partial charge < -0.3 is 19.1 Å². The zero-order chi connectivity index (χ0) is 21.6. The first kappa shape index (κ1) is 21.3.